The fourth-order valence-electron chi connectivity index (χ4n) is 1.90. The number of hydrogen-bond donors (Lipinski definition) is 1. The minimum Gasteiger partial charge on any atom is -0.457 e. The first-order valence-corrected chi connectivity index (χ1v) is 8.08. The van der Waals surface area contributed by atoms with E-state index < -0.39 is 0 Å². The van der Waals surface area contributed by atoms with Crippen molar-refractivity contribution < 1.29 is 4.74 Å². The van der Waals surface area contributed by atoms with Gasteiger partial charge in [-0.25, -0.2) is 0 Å². The Balaban J connectivity index is 2.12. The van der Waals surface area contributed by atoms with Crippen molar-refractivity contribution in [2.75, 3.05) is 0 Å². The highest BCUT2D eigenvalue weighted by Gasteiger charge is 2.06. The molecule has 21 heavy (non-hydrogen) atoms. The van der Waals surface area contributed by atoms with Gasteiger partial charge in [0.2, 0.25) is 0 Å². The molecule has 0 atom stereocenters. The molecule has 0 heterocycles. The van der Waals surface area contributed by atoms with Gasteiger partial charge in [0.1, 0.15) is 11.5 Å². The molecule has 0 bridgehead atoms. The highest BCUT2D eigenvalue weighted by molar-refractivity contribution is 9.10. The average molecular weight is 369 g/mol. The first-order valence-electron chi connectivity index (χ1n) is 6.91. The van der Waals surface area contributed by atoms with E-state index in [1.807, 2.05) is 43.3 Å². The van der Waals surface area contributed by atoms with Gasteiger partial charge in [-0.2, -0.15) is 0 Å². The lowest BCUT2D eigenvalue weighted by atomic mass is 10.2. The molecule has 0 saturated carbocycles. The maximum Gasteiger partial charge on any atom is 0.130 e. The molecule has 0 saturated heterocycles. The number of aryl methyl sites for hydroxylation is 1. The van der Waals surface area contributed by atoms with Gasteiger partial charge in [0.05, 0.1) is 0 Å². The number of nitrogens with one attached hydrogen (secondary N) is 1. The molecule has 112 valence electrons. The van der Waals surface area contributed by atoms with Crippen LogP contribution in [0.5, 0.6) is 11.5 Å². The summed E-state index contributed by atoms with van der Waals surface area (Å²) in [5.41, 5.74) is 2.15. The highest BCUT2D eigenvalue weighted by Crippen LogP contribution is 2.30. The second-order valence-electron chi connectivity index (χ2n) is 5.30. The second kappa shape index (κ2) is 7.30. The first kappa shape index (κ1) is 16.3. The quantitative estimate of drug-likeness (QED) is 0.730. The minimum absolute atomic E-state index is 0.433. The Kier molecular flexibility index (Phi) is 5.68. The molecule has 1 N–H and O–H groups in total. The molecular weight excluding hydrogens is 350 g/mol. The number of ether oxygens (including phenoxy) is 1. The van der Waals surface area contributed by atoms with Crippen molar-refractivity contribution in [3.05, 3.63) is 57.0 Å². The van der Waals surface area contributed by atoms with Crippen LogP contribution in [0.4, 0.5) is 0 Å². The van der Waals surface area contributed by atoms with Crippen molar-refractivity contribution in [1.29, 1.82) is 0 Å². The third kappa shape index (κ3) is 4.73. The van der Waals surface area contributed by atoms with Crippen LogP contribution in [-0.2, 0) is 6.54 Å². The molecule has 2 nitrogen and oxygen atoms in total. The molecule has 0 amide bonds. The van der Waals surface area contributed by atoms with Gasteiger partial charge in [-0.05, 0) is 48.4 Å². The standard InChI is InChI=1S/C17H19BrClNO/c1-11(2)20-10-13-4-6-15(9-16(13)19)21-17-7-5-14(18)8-12(17)3/h4-9,11,20H,10H2,1-3H3. The predicted molar refractivity (Wildman–Crippen MR) is 92.4 cm³/mol. The Morgan fingerprint density at radius 3 is 2.57 bits per heavy atom. The smallest absolute Gasteiger partial charge is 0.130 e. The lowest BCUT2D eigenvalue weighted by Crippen LogP contribution is -2.21. The van der Waals surface area contributed by atoms with E-state index in [0.29, 0.717) is 6.04 Å². The molecule has 0 aliphatic carbocycles. The minimum atomic E-state index is 0.433. The van der Waals surface area contributed by atoms with E-state index >= 15 is 0 Å². The van der Waals surface area contributed by atoms with Crippen LogP contribution in [0.15, 0.2) is 40.9 Å². The van der Waals surface area contributed by atoms with E-state index in [1.165, 1.54) is 0 Å². The van der Waals surface area contributed by atoms with E-state index in [2.05, 4.69) is 35.1 Å². The number of halogens is 2. The number of rotatable bonds is 5. The summed E-state index contributed by atoms with van der Waals surface area (Å²) in [6.07, 6.45) is 0. The monoisotopic (exact) mass is 367 g/mol. The van der Waals surface area contributed by atoms with Crippen LogP contribution < -0.4 is 10.1 Å². The third-order valence-electron chi connectivity index (χ3n) is 3.09. The van der Waals surface area contributed by atoms with Gasteiger partial charge in [0.15, 0.2) is 0 Å². The Bertz CT molecular complexity index is 628. The van der Waals surface area contributed by atoms with Crippen LogP contribution in [0.25, 0.3) is 0 Å². The van der Waals surface area contributed by atoms with Crippen LogP contribution in [0.3, 0.4) is 0 Å². The van der Waals surface area contributed by atoms with E-state index in [0.717, 1.165) is 38.7 Å². The molecule has 0 radical (unpaired) electrons. The van der Waals surface area contributed by atoms with Gasteiger partial charge in [-0.3, -0.25) is 0 Å². The summed E-state index contributed by atoms with van der Waals surface area (Å²) in [6.45, 7) is 7.00. The van der Waals surface area contributed by atoms with Gasteiger partial charge in [-0.15, -0.1) is 0 Å². The zero-order chi connectivity index (χ0) is 15.4. The van der Waals surface area contributed by atoms with Gasteiger partial charge in [0.25, 0.3) is 0 Å². The molecule has 0 aliphatic heterocycles. The molecule has 2 rings (SSSR count). The molecular formula is C17H19BrClNO. The van der Waals surface area contributed by atoms with Crippen LogP contribution in [-0.4, -0.2) is 6.04 Å². The van der Waals surface area contributed by atoms with Gasteiger partial charge >= 0.3 is 0 Å². The predicted octanol–water partition coefficient (Wildman–Crippen LogP) is 5.70. The summed E-state index contributed by atoms with van der Waals surface area (Å²) in [7, 11) is 0. The zero-order valence-electron chi connectivity index (χ0n) is 12.4. The first-order chi connectivity index (χ1) is 9.95. The molecule has 4 heteroatoms. The fraction of sp³-hybridized carbons (Fsp3) is 0.294. The third-order valence-corrected chi connectivity index (χ3v) is 3.94. The van der Waals surface area contributed by atoms with E-state index in [1.54, 1.807) is 0 Å². The van der Waals surface area contributed by atoms with Crippen LogP contribution >= 0.6 is 27.5 Å². The molecule has 0 unspecified atom stereocenters. The zero-order valence-corrected chi connectivity index (χ0v) is 14.8. The maximum absolute atomic E-state index is 6.32. The van der Waals surface area contributed by atoms with E-state index in [9.17, 15) is 0 Å². The largest absolute Gasteiger partial charge is 0.457 e. The number of hydrogen-bond acceptors (Lipinski definition) is 2. The van der Waals surface area contributed by atoms with Crippen molar-refractivity contribution in [2.24, 2.45) is 0 Å². The lowest BCUT2D eigenvalue weighted by Gasteiger charge is -2.12. The second-order valence-corrected chi connectivity index (χ2v) is 6.62. The summed E-state index contributed by atoms with van der Waals surface area (Å²) in [6, 6.07) is 12.2. The molecule has 0 spiro atoms. The lowest BCUT2D eigenvalue weighted by molar-refractivity contribution is 0.478. The van der Waals surface area contributed by atoms with Gasteiger partial charge < -0.3 is 10.1 Å². The summed E-state index contributed by atoms with van der Waals surface area (Å²) in [5, 5.41) is 4.07. The maximum atomic E-state index is 6.32. The molecule has 0 aliphatic rings. The van der Waals surface area contributed by atoms with E-state index in [-0.39, 0.29) is 0 Å². The SMILES string of the molecule is Cc1cc(Br)ccc1Oc1ccc(CNC(C)C)c(Cl)c1. The van der Waals surface area contributed by atoms with Crippen LogP contribution in [0.2, 0.25) is 5.02 Å². The van der Waals surface area contributed by atoms with E-state index in [4.69, 9.17) is 16.3 Å². The van der Waals surface area contributed by atoms with Crippen molar-refractivity contribution in [3.63, 3.8) is 0 Å². The van der Waals surface area contributed by atoms with Crippen molar-refractivity contribution in [2.45, 2.75) is 33.4 Å². The van der Waals surface area contributed by atoms with Crippen LogP contribution in [0, 0.1) is 6.92 Å². The highest BCUT2D eigenvalue weighted by atomic mass is 79.9. The fourth-order valence-corrected chi connectivity index (χ4v) is 2.62. The molecule has 2 aromatic rings. The van der Waals surface area contributed by atoms with Crippen LogP contribution in [0.1, 0.15) is 25.0 Å². The Morgan fingerprint density at radius 1 is 1.19 bits per heavy atom. The number of benzene rings is 2. The van der Waals surface area contributed by atoms with Gasteiger partial charge in [-0.1, -0.05) is 47.4 Å². The summed E-state index contributed by atoms with van der Waals surface area (Å²) in [5.74, 6) is 1.58. The summed E-state index contributed by atoms with van der Waals surface area (Å²) < 4.78 is 6.94. The van der Waals surface area contributed by atoms with Crippen molar-refractivity contribution in [3.8, 4) is 11.5 Å². The summed E-state index contributed by atoms with van der Waals surface area (Å²) >= 11 is 9.76. The Hall–Kier alpha value is -1.03. The van der Waals surface area contributed by atoms with Crippen molar-refractivity contribution in [1.82, 2.24) is 5.32 Å². The average Bonchev–Trinajstić information content (AvgIpc) is 2.41. The topological polar surface area (TPSA) is 21.3 Å². The Labute approximate surface area is 139 Å². The summed E-state index contributed by atoms with van der Waals surface area (Å²) in [4.78, 5) is 0. The van der Waals surface area contributed by atoms with Gasteiger partial charge in [0, 0.05) is 22.1 Å². The molecule has 0 aromatic heterocycles. The molecule has 2 aromatic carbocycles. The normalized spacial score (nSPS) is 11.0. The Morgan fingerprint density at radius 2 is 1.95 bits per heavy atom. The molecule has 0 fully saturated rings. The van der Waals surface area contributed by atoms with Crippen molar-refractivity contribution >= 4 is 27.5 Å².